The molecule has 1 aliphatic heterocycles. The summed E-state index contributed by atoms with van der Waals surface area (Å²) < 4.78 is 0. The summed E-state index contributed by atoms with van der Waals surface area (Å²) in [6, 6.07) is 9.06. The van der Waals surface area contributed by atoms with Crippen LogP contribution in [0.5, 0.6) is 0 Å². The number of hydrogen-bond acceptors (Lipinski definition) is 1. The highest BCUT2D eigenvalue weighted by molar-refractivity contribution is 5.83. The molecule has 1 aromatic carbocycles. The molecule has 4 rings (SSSR count). The first-order valence-electron chi connectivity index (χ1n) is 9.93. The number of carbonyl (C=O) groups excluding carboxylic acids is 1. The zero-order chi connectivity index (χ0) is 17.1. The lowest BCUT2D eigenvalue weighted by atomic mass is 9.89. The molecule has 0 unspecified atom stereocenters. The van der Waals surface area contributed by atoms with Crippen LogP contribution in [0.15, 0.2) is 30.5 Å². The molecule has 2 aromatic rings. The summed E-state index contributed by atoms with van der Waals surface area (Å²) in [6.07, 6.45) is 11.7. The van der Waals surface area contributed by atoms with Crippen molar-refractivity contribution in [3.8, 4) is 0 Å². The summed E-state index contributed by atoms with van der Waals surface area (Å²) in [5.41, 5.74) is 2.63. The monoisotopic (exact) mass is 339 g/mol. The Balaban J connectivity index is 1.34. The normalized spacial score (nSPS) is 20.6. The van der Waals surface area contributed by atoms with E-state index in [0.717, 1.165) is 38.8 Å². The predicted molar refractivity (Wildman–Crippen MR) is 102 cm³/mol. The number of carbonyl (C=O) groups is 1. The smallest absolute Gasteiger partial charge is 0.317 e. The molecule has 1 aromatic heterocycles. The van der Waals surface area contributed by atoms with Crippen LogP contribution in [-0.4, -0.2) is 35.0 Å². The molecular weight excluding hydrogens is 310 g/mol. The molecule has 2 N–H and O–H groups in total. The SMILES string of the molecule is O=C(NC1CCCCCC1)N1CCC(c2c[nH]c3ccccc23)CC1. The van der Waals surface area contributed by atoms with E-state index in [-0.39, 0.29) is 6.03 Å². The average Bonchev–Trinajstić information content (AvgIpc) is 2.92. The lowest BCUT2D eigenvalue weighted by molar-refractivity contribution is 0.176. The predicted octanol–water partition coefficient (Wildman–Crippen LogP) is 4.78. The number of urea groups is 1. The number of aromatic nitrogens is 1. The number of likely N-dealkylation sites (tertiary alicyclic amines) is 1. The van der Waals surface area contributed by atoms with E-state index in [4.69, 9.17) is 0 Å². The molecule has 2 amide bonds. The molecule has 2 aliphatic rings. The molecule has 2 fully saturated rings. The Morgan fingerprint density at radius 3 is 2.48 bits per heavy atom. The fourth-order valence-electron chi connectivity index (χ4n) is 4.51. The van der Waals surface area contributed by atoms with Crippen LogP contribution in [0.2, 0.25) is 0 Å². The summed E-state index contributed by atoms with van der Waals surface area (Å²) in [4.78, 5) is 18.0. The van der Waals surface area contributed by atoms with Crippen molar-refractivity contribution in [3.63, 3.8) is 0 Å². The zero-order valence-corrected chi connectivity index (χ0v) is 15.0. The molecular formula is C21H29N3O. The fourth-order valence-corrected chi connectivity index (χ4v) is 4.51. The number of fused-ring (bicyclic) bond motifs is 1. The minimum absolute atomic E-state index is 0.157. The molecule has 1 saturated heterocycles. The van der Waals surface area contributed by atoms with Crippen molar-refractivity contribution in [1.82, 2.24) is 15.2 Å². The number of nitrogens with zero attached hydrogens (tertiary/aromatic N) is 1. The Kier molecular flexibility index (Phi) is 4.95. The molecule has 2 heterocycles. The van der Waals surface area contributed by atoms with Crippen LogP contribution < -0.4 is 5.32 Å². The van der Waals surface area contributed by atoms with Crippen LogP contribution in [0.3, 0.4) is 0 Å². The van der Waals surface area contributed by atoms with E-state index in [1.165, 1.54) is 42.1 Å². The average molecular weight is 339 g/mol. The van der Waals surface area contributed by atoms with Crippen LogP contribution in [0.4, 0.5) is 4.79 Å². The first-order chi connectivity index (χ1) is 12.3. The molecule has 0 bridgehead atoms. The van der Waals surface area contributed by atoms with Crippen molar-refractivity contribution in [2.75, 3.05) is 13.1 Å². The Bertz CT molecular complexity index is 707. The summed E-state index contributed by atoms with van der Waals surface area (Å²) in [7, 11) is 0. The van der Waals surface area contributed by atoms with Gasteiger partial charge in [-0.2, -0.15) is 0 Å². The van der Waals surface area contributed by atoms with Crippen LogP contribution in [-0.2, 0) is 0 Å². The van der Waals surface area contributed by atoms with E-state index >= 15 is 0 Å². The Morgan fingerprint density at radius 1 is 1.00 bits per heavy atom. The number of benzene rings is 1. The van der Waals surface area contributed by atoms with Gasteiger partial charge in [-0.15, -0.1) is 0 Å². The van der Waals surface area contributed by atoms with Gasteiger partial charge >= 0.3 is 6.03 Å². The van der Waals surface area contributed by atoms with Gasteiger partial charge in [0.1, 0.15) is 0 Å². The number of H-pyrrole nitrogens is 1. The lowest BCUT2D eigenvalue weighted by Gasteiger charge is -2.33. The summed E-state index contributed by atoms with van der Waals surface area (Å²) >= 11 is 0. The van der Waals surface area contributed by atoms with E-state index in [0.29, 0.717) is 12.0 Å². The lowest BCUT2D eigenvalue weighted by Crippen LogP contribution is -2.47. The van der Waals surface area contributed by atoms with Gasteiger partial charge < -0.3 is 15.2 Å². The van der Waals surface area contributed by atoms with Crippen molar-refractivity contribution in [1.29, 1.82) is 0 Å². The van der Waals surface area contributed by atoms with E-state index in [9.17, 15) is 4.79 Å². The minimum Gasteiger partial charge on any atom is -0.361 e. The van der Waals surface area contributed by atoms with Crippen molar-refractivity contribution in [2.24, 2.45) is 0 Å². The third-order valence-corrected chi connectivity index (χ3v) is 6.03. The van der Waals surface area contributed by atoms with Gasteiger partial charge in [0.15, 0.2) is 0 Å². The van der Waals surface area contributed by atoms with Crippen molar-refractivity contribution >= 4 is 16.9 Å². The van der Waals surface area contributed by atoms with Gasteiger partial charge in [-0.05, 0) is 43.2 Å². The first kappa shape index (κ1) is 16.5. The molecule has 1 saturated carbocycles. The third kappa shape index (κ3) is 3.68. The molecule has 0 atom stereocenters. The molecule has 0 spiro atoms. The largest absolute Gasteiger partial charge is 0.361 e. The van der Waals surface area contributed by atoms with Gasteiger partial charge in [-0.25, -0.2) is 4.79 Å². The number of para-hydroxylation sites is 1. The maximum Gasteiger partial charge on any atom is 0.317 e. The highest BCUT2D eigenvalue weighted by Crippen LogP contribution is 2.33. The number of nitrogens with one attached hydrogen (secondary N) is 2. The number of amides is 2. The second kappa shape index (κ2) is 7.51. The fraction of sp³-hybridized carbons (Fsp3) is 0.571. The quantitative estimate of drug-likeness (QED) is 0.760. The summed E-state index contributed by atoms with van der Waals surface area (Å²) in [6.45, 7) is 1.73. The van der Waals surface area contributed by atoms with Crippen molar-refractivity contribution in [2.45, 2.75) is 63.3 Å². The van der Waals surface area contributed by atoms with Crippen molar-refractivity contribution < 1.29 is 4.79 Å². The number of piperidine rings is 1. The molecule has 4 nitrogen and oxygen atoms in total. The highest BCUT2D eigenvalue weighted by Gasteiger charge is 2.26. The Hall–Kier alpha value is -1.97. The van der Waals surface area contributed by atoms with Crippen molar-refractivity contribution in [3.05, 3.63) is 36.0 Å². The molecule has 0 radical (unpaired) electrons. The molecule has 1 aliphatic carbocycles. The summed E-state index contributed by atoms with van der Waals surface area (Å²) in [5, 5.41) is 4.63. The molecule has 134 valence electrons. The highest BCUT2D eigenvalue weighted by atomic mass is 16.2. The van der Waals surface area contributed by atoms with Crippen LogP contribution in [0.1, 0.15) is 62.8 Å². The molecule has 25 heavy (non-hydrogen) atoms. The van der Waals surface area contributed by atoms with Gasteiger partial charge in [0.2, 0.25) is 0 Å². The van der Waals surface area contributed by atoms with Gasteiger partial charge in [-0.1, -0.05) is 43.9 Å². The number of rotatable bonds is 2. The third-order valence-electron chi connectivity index (χ3n) is 6.03. The maximum absolute atomic E-state index is 12.6. The maximum atomic E-state index is 12.6. The van der Waals surface area contributed by atoms with Crippen LogP contribution in [0.25, 0.3) is 10.9 Å². The number of hydrogen-bond donors (Lipinski definition) is 2. The second-order valence-electron chi connectivity index (χ2n) is 7.69. The summed E-state index contributed by atoms with van der Waals surface area (Å²) in [5.74, 6) is 0.554. The van der Waals surface area contributed by atoms with E-state index < -0.39 is 0 Å². The topological polar surface area (TPSA) is 48.1 Å². The van der Waals surface area contributed by atoms with Gasteiger partial charge in [0, 0.05) is 36.2 Å². The first-order valence-corrected chi connectivity index (χ1v) is 9.93. The van der Waals surface area contributed by atoms with Gasteiger partial charge in [-0.3, -0.25) is 0 Å². The second-order valence-corrected chi connectivity index (χ2v) is 7.69. The zero-order valence-electron chi connectivity index (χ0n) is 15.0. The minimum atomic E-state index is 0.157. The number of aromatic amines is 1. The van der Waals surface area contributed by atoms with Gasteiger partial charge in [0.25, 0.3) is 0 Å². The van der Waals surface area contributed by atoms with Crippen LogP contribution in [0, 0.1) is 0 Å². The van der Waals surface area contributed by atoms with E-state index in [2.05, 4.69) is 40.8 Å². The Morgan fingerprint density at radius 2 is 1.72 bits per heavy atom. The standard InChI is InChI=1S/C21H29N3O/c25-21(23-17-7-3-1-2-4-8-17)24-13-11-16(12-14-24)19-15-22-20-10-6-5-9-18(19)20/h5-6,9-10,15-17,22H,1-4,7-8,11-14H2,(H,23,25). The van der Waals surface area contributed by atoms with Gasteiger partial charge in [0.05, 0.1) is 0 Å². The Labute approximate surface area is 150 Å². The van der Waals surface area contributed by atoms with Crippen LogP contribution >= 0.6 is 0 Å². The molecule has 4 heteroatoms. The van der Waals surface area contributed by atoms with E-state index in [1.54, 1.807) is 0 Å². The van der Waals surface area contributed by atoms with E-state index in [1.807, 2.05) is 4.90 Å².